The molecule has 0 saturated carbocycles. The number of nitrogens with one attached hydrogen (secondary N) is 1. The Bertz CT molecular complexity index is 1220. The Labute approximate surface area is 201 Å². The number of amides is 1. The van der Waals surface area contributed by atoms with Gasteiger partial charge in [0.15, 0.2) is 11.5 Å². The van der Waals surface area contributed by atoms with Crippen molar-refractivity contribution < 1.29 is 18.7 Å². The fraction of sp³-hybridized carbons (Fsp3) is 0.0833. The summed E-state index contributed by atoms with van der Waals surface area (Å²) in [6.45, 7) is 0.147. The lowest BCUT2D eigenvalue weighted by atomic mass is 10.1. The number of hydrogen-bond acceptors (Lipinski definition) is 4. The number of carbonyl (C=O) groups is 1. The molecule has 0 aliphatic heterocycles. The Balaban J connectivity index is 1.82. The van der Waals surface area contributed by atoms with Crippen molar-refractivity contribution in [2.24, 2.45) is 0 Å². The molecule has 0 bridgehead atoms. The molecule has 1 N–H and O–H groups in total. The molecule has 162 valence electrons. The van der Waals surface area contributed by atoms with Crippen LogP contribution in [0.4, 0.5) is 10.1 Å². The average molecular weight is 560 g/mol. The number of anilines is 1. The largest absolute Gasteiger partial charge is 0.493 e. The zero-order valence-corrected chi connectivity index (χ0v) is 20.0. The number of nitriles is 1. The molecule has 5 nitrogen and oxygen atoms in total. The topological polar surface area (TPSA) is 71.3 Å². The van der Waals surface area contributed by atoms with Gasteiger partial charge in [-0.25, -0.2) is 4.39 Å². The molecule has 0 atom stereocenters. The molecule has 3 aromatic rings. The fourth-order valence-electron chi connectivity index (χ4n) is 2.79. The Morgan fingerprint density at radius 3 is 2.59 bits per heavy atom. The van der Waals surface area contributed by atoms with Crippen molar-refractivity contribution in [2.75, 3.05) is 12.4 Å². The number of rotatable bonds is 7. The van der Waals surface area contributed by atoms with E-state index in [1.54, 1.807) is 42.5 Å². The monoisotopic (exact) mass is 558 g/mol. The van der Waals surface area contributed by atoms with Gasteiger partial charge in [0.1, 0.15) is 24.1 Å². The van der Waals surface area contributed by atoms with E-state index in [4.69, 9.17) is 9.47 Å². The van der Waals surface area contributed by atoms with Crippen LogP contribution in [0.3, 0.4) is 0 Å². The highest BCUT2D eigenvalue weighted by Gasteiger charge is 2.14. The molecular formula is C24H17Br2FN2O3. The lowest BCUT2D eigenvalue weighted by Gasteiger charge is -2.13. The van der Waals surface area contributed by atoms with Gasteiger partial charge in [-0.15, -0.1) is 0 Å². The molecule has 0 radical (unpaired) electrons. The number of hydrogen-bond donors (Lipinski definition) is 1. The van der Waals surface area contributed by atoms with E-state index in [1.807, 2.05) is 12.1 Å². The number of ether oxygens (including phenoxy) is 2. The summed E-state index contributed by atoms with van der Waals surface area (Å²) in [5.41, 5.74) is 1.70. The maximum absolute atomic E-state index is 13.4. The average Bonchev–Trinajstić information content (AvgIpc) is 2.77. The Morgan fingerprint density at radius 1 is 1.12 bits per heavy atom. The number of halogens is 3. The molecule has 3 rings (SSSR count). The van der Waals surface area contributed by atoms with Crippen molar-refractivity contribution in [3.63, 3.8) is 0 Å². The molecule has 0 fully saturated rings. The second kappa shape index (κ2) is 10.9. The summed E-state index contributed by atoms with van der Waals surface area (Å²) in [7, 11) is 1.48. The maximum atomic E-state index is 13.4. The Hall–Kier alpha value is -3.15. The standard InChI is InChI=1S/C24H17Br2FN2O3/c1-31-22-10-16(9-17(13-28)24(30)29-20-7-3-5-18(25)11-20)21(26)12-23(22)32-14-15-4-2-6-19(27)8-15/h2-12H,14H2,1H3,(H,29,30)/b17-9-. The second-order valence-electron chi connectivity index (χ2n) is 6.58. The molecule has 0 spiro atoms. The van der Waals surface area contributed by atoms with Crippen LogP contribution in [0.1, 0.15) is 11.1 Å². The molecule has 1 amide bonds. The van der Waals surface area contributed by atoms with Crippen molar-refractivity contribution in [3.8, 4) is 17.6 Å². The van der Waals surface area contributed by atoms with Gasteiger partial charge in [0.05, 0.1) is 7.11 Å². The van der Waals surface area contributed by atoms with Gasteiger partial charge in [0, 0.05) is 14.6 Å². The van der Waals surface area contributed by atoms with E-state index in [9.17, 15) is 14.4 Å². The van der Waals surface area contributed by atoms with Crippen molar-refractivity contribution in [3.05, 3.63) is 92.1 Å². The van der Waals surface area contributed by atoms with Crippen molar-refractivity contribution >= 4 is 49.5 Å². The molecule has 0 aliphatic carbocycles. The third-order valence-electron chi connectivity index (χ3n) is 4.31. The van der Waals surface area contributed by atoms with Crippen LogP contribution in [0.5, 0.6) is 11.5 Å². The third-order valence-corrected chi connectivity index (χ3v) is 5.49. The van der Waals surface area contributed by atoms with Gasteiger partial charge in [-0.2, -0.15) is 5.26 Å². The first-order chi connectivity index (χ1) is 15.4. The number of benzene rings is 3. The summed E-state index contributed by atoms with van der Waals surface area (Å²) in [6.07, 6.45) is 1.45. The zero-order chi connectivity index (χ0) is 23.1. The Morgan fingerprint density at radius 2 is 1.91 bits per heavy atom. The van der Waals surface area contributed by atoms with Crippen LogP contribution in [-0.2, 0) is 11.4 Å². The molecule has 3 aromatic carbocycles. The molecule has 0 heterocycles. The van der Waals surface area contributed by atoms with Crippen LogP contribution in [0.2, 0.25) is 0 Å². The molecule has 0 unspecified atom stereocenters. The van der Waals surface area contributed by atoms with Gasteiger partial charge in [0.2, 0.25) is 0 Å². The normalized spacial score (nSPS) is 10.9. The van der Waals surface area contributed by atoms with Crippen LogP contribution in [-0.4, -0.2) is 13.0 Å². The zero-order valence-electron chi connectivity index (χ0n) is 16.9. The minimum absolute atomic E-state index is 0.0823. The molecule has 32 heavy (non-hydrogen) atoms. The van der Waals surface area contributed by atoms with Crippen LogP contribution in [0, 0.1) is 17.1 Å². The molecule has 8 heteroatoms. The minimum Gasteiger partial charge on any atom is -0.493 e. The highest BCUT2D eigenvalue weighted by molar-refractivity contribution is 9.10. The molecular weight excluding hydrogens is 543 g/mol. The highest BCUT2D eigenvalue weighted by atomic mass is 79.9. The van der Waals surface area contributed by atoms with Crippen molar-refractivity contribution in [1.82, 2.24) is 0 Å². The van der Waals surface area contributed by atoms with Crippen molar-refractivity contribution in [2.45, 2.75) is 6.61 Å². The van der Waals surface area contributed by atoms with Crippen LogP contribution < -0.4 is 14.8 Å². The smallest absolute Gasteiger partial charge is 0.266 e. The summed E-state index contributed by atoms with van der Waals surface area (Å²) in [5, 5.41) is 12.2. The van der Waals surface area contributed by atoms with Gasteiger partial charge in [-0.05, 0) is 59.7 Å². The van der Waals surface area contributed by atoms with Crippen LogP contribution >= 0.6 is 31.9 Å². The second-order valence-corrected chi connectivity index (χ2v) is 8.35. The van der Waals surface area contributed by atoms with Gasteiger partial charge < -0.3 is 14.8 Å². The lowest BCUT2D eigenvalue weighted by Crippen LogP contribution is -2.13. The minimum atomic E-state index is -0.539. The van der Waals surface area contributed by atoms with Gasteiger partial charge in [-0.1, -0.05) is 50.1 Å². The summed E-state index contributed by atoms with van der Waals surface area (Å²) in [6, 6.07) is 18.4. The van der Waals surface area contributed by atoms with Crippen LogP contribution in [0.25, 0.3) is 6.08 Å². The summed E-state index contributed by atoms with van der Waals surface area (Å²) in [5.74, 6) is -0.0498. The lowest BCUT2D eigenvalue weighted by molar-refractivity contribution is -0.112. The maximum Gasteiger partial charge on any atom is 0.266 e. The highest BCUT2D eigenvalue weighted by Crippen LogP contribution is 2.35. The Kier molecular flexibility index (Phi) is 8.03. The number of carbonyl (C=O) groups excluding carboxylic acids is 1. The predicted octanol–water partition coefficient (Wildman–Crippen LogP) is 6.48. The van der Waals surface area contributed by atoms with E-state index in [-0.39, 0.29) is 18.0 Å². The SMILES string of the molecule is COc1cc(/C=C(/C#N)C(=O)Nc2cccc(Br)c2)c(Br)cc1OCc1cccc(F)c1. The van der Waals surface area contributed by atoms with Gasteiger partial charge in [-0.3, -0.25) is 4.79 Å². The van der Waals surface area contributed by atoms with E-state index in [1.165, 1.54) is 25.3 Å². The number of methoxy groups -OCH3 is 1. The third kappa shape index (κ3) is 6.19. The van der Waals surface area contributed by atoms with E-state index in [2.05, 4.69) is 37.2 Å². The first-order valence-corrected chi connectivity index (χ1v) is 10.9. The number of nitrogens with zero attached hydrogens (tertiary/aromatic N) is 1. The first kappa shape index (κ1) is 23.5. The summed E-state index contributed by atoms with van der Waals surface area (Å²) in [4.78, 5) is 12.6. The fourth-order valence-corrected chi connectivity index (χ4v) is 3.63. The van der Waals surface area contributed by atoms with Crippen molar-refractivity contribution in [1.29, 1.82) is 5.26 Å². The van der Waals surface area contributed by atoms with Gasteiger partial charge in [0.25, 0.3) is 5.91 Å². The van der Waals surface area contributed by atoms with E-state index in [0.29, 0.717) is 32.8 Å². The van der Waals surface area contributed by atoms with E-state index >= 15 is 0 Å². The van der Waals surface area contributed by atoms with Gasteiger partial charge >= 0.3 is 0 Å². The molecule has 0 aromatic heterocycles. The van der Waals surface area contributed by atoms with E-state index < -0.39 is 5.91 Å². The summed E-state index contributed by atoms with van der Waals surface area (Å²) >= 11 is 6.79. The molecule has 0 saturated heterocycles. The van der Waals surface area contributed by atoms with Crippen LogP contribution in [0.15, 0.2) is 75.2 Å². The van der Waals surface area contributed by atoms with E-state index in [0.717, 1.165) is 4.47 Å². The first-order valence-electron chi connectivity index (χ1n) is 9.33. The summed E-state index contributed by atoms with van der Waals surface area (Å²) < 4.78 is 26.0. The quantitative estimate of drug-likeness (QED) is 0.265. The molecule has 0 aliphatic rings. The predicted molar refractivity (Wildman–Crippen MR) is 128 cm³/mol.